The Kier molecular flexibility index (Phi) is 4.39. The van der Waals surface area contributed by atoms with Crippen LogP contribution in [-0.4, -0.2) is 45.0 Å². The van der Waals surface area contributed by atoms with Gasteiger partial charge in [-0.05, 0) is 30.6 Å². The molecule has 1 aliphatic heterocycles. The fraction of sp³-hybridized carbons (Fsp3) is 0.727. The van der Waals surface area contributed by atoms with Crippen LogP contribution >= 0.6 is 23.3 Å². The summed E-state index contributed by atoms with van der Waals surface area (Å²) < 4.78 is 3.91. The fourth-order valence-corrected chi connectivity index (χ4v) is 3.37. The van der Waals surface area contributed by atoms with E-state index in [4.69, 9.17) is 0 Å². The Morgan fingerprint density at radius 2 is 2.47 bits per heavy atom. The third-order valence-corrected chi connectivity index (χ3v) is 4.81. The van der Waals surface area contributed by atoms with Crippen LogP contribution in [0.1, 0.15) is 35.1 Å². The molecule has 0 saturated carbocycles. The molecule has 94 valence electrons. The van der Waals surface area contributed by atoms with Crippen molar-refractivity contribution in [3.05, 3.63) is 10.6 Å². The first-order valence-corrected chi connectivity index (χ1v) is 7.95. The van der Waals surface area contributed by atoms with Crippen molar-refractivity contribution in [2.24, 2.45) is 0 Å². The second kappa shape index (κ2) is 5.82. The highest BCUT2D eigenvalue weighted by Crippen LogP contribution is 2.23. The average molecular weight is 271 g/mol. The lowest BCUT2D eigenvalue weighted by Gasteiger charge is -2.15. The molecule has 0 N–H and O–H groups in total. The molecule has 4 nitrogen and oxygen atoms in total. The topological polar surface area (TPSA) is 46.1 Å². The molecule has 6 heteroatoms. The predicted molar refractivity (Wildman–Crippen MR) is 71.7 cm³/mol. The number of likely N-dealkylation sites (tertiary alicyclic amines) is 1. The molecule has 1 atom stereocenters. The van der Waals surface area contributed by atoms with Crippen molar-refractivity contribution in [2.45, 2.75) is 31.4 Å². The second-order valence-electron chi connectivity index (χ2n) is 4.20. The molecule has 1 amide bonds. The van der Waals surface area contributed by atoms with Gasteiger partial charge in [-0.2, -0.15) is 11.8 Å². The number of hydrogen-bond acceptors (Lipinski definition) is 5. The maximum Gasteiger partial charge on any atom is 0.267 e. The third-order valence-electron chi connectivity index (χ3n) is 3.00. The van der Waals surface area contributed by atoms with Gasteiger partial charge in [0, 0.05) is 18.3 Å². The Balaban J connectivity index is 2.06. The number of hydrogen-bond donors (Lipinski definition) is 0. The summed E-state index contributed by atoms with van der Waals surface area (Å²) in [6.07, 6.45) is 5.05. The lowest BCUT2D eigenvalue weighted by molar-refractivity contribution is 0.0797. The summed E-state index contributed by atoms with van der Waals surface area (Å²) in [7, 11) is 0. The summed E-state index contributed by atoms with van der Waals surface area (Å²) in [6.45, 7) is 3.82. The van der Waals surface area contributed by atoms with Crippen molar-refractivity contribution in [1.82, 2.24) is 14.5 Å². The minimum absolute atomic E-state index is 0.125. The molecular weight excluding hydrogens is 254 g/mol. The van der Waals surface area contributed by atoms with Crippen molar-refractivity contribution in [2.75, 3.05) is 19.3 Å². The lowest BCUT2D eigenvalue weighted by Crippen LogP contribution is -2.29. The monoisotopic (exact) mass is 271 g/mol. The largest absolute Gasteiger partial charge is 0.337 e. The summed E-state index contributed by atoms with van der Waals surface area (Å²) in [5.41, 5.74) is 0.870. The molecule has 0 aliphatic carbocycles. The van der Waals surface area contributed by atoms with E-state index in [1.54, 1.807) is 0 Å². The van der Waals surface area contributed by atoms with Crippen molar-refractivity contribution in [1.29, 1.82) is 0 Å². The highest BCUT2D eigenvalue weighted by atomic mass is 32.2. The number of amides is 1. The van der Waals surface area contributed by atoms with Gasteiger partial charge in [0.25, 0.3) is 5.91 Å². The zero-order valence-electron chi connectivity index (χ0n) is 10.2. The van der Waals surface area contributed by atoms with Gasteiger partial charge < -0.3 is 4.90 Å². The average Bonchev–Trinajstić information content (AvgIpc) is 2.97. The van der Waals surface area contributed by atoms with Gasteiger partial charge in [0.05, 0.1) is 5.69 Å². The summed E-state index contributed by atoms with van der Waals surface area (Å²) in [6, 6.07) is 0. The van der Waals surface area contributed by atoms with Crippen LogP contribution < -0.4 is 0 Å². The van der Waals surface area contributed by atoms with E-state index in [2.05, 4.69) is 22.8 Å². The molecule has 1 saturated heterocycles. The van der Waals surface area contributed by atoms with Crippen molar-refractivity contribution < 1.29 is 4.79 Å². The van der Waals surface area contributed by atoms with Gasteiger partial charge in [-0.1, -0.05) is 17.8 Å². The number of aromatic nitrogens is 2. The van der Waals surface area contributed by atoms with Gasteiger partial charge in [-0.25, -0.2) is 0 Å². The molecule has 1 aliphatic rings. The van der Waals surface area contributed by atoms with Crippen LogP contribution in [0.5, 0.6) is 0 Å². The van der Waals surface area contributed by atoms with Crippen molar-refractivity contribution >= 4 is 29.2 Å². The summed E-state index contributed by atoms with van der Waals surface area (Å²) in [5, 5.41) is 4.65. The Hall–Kier alpha value is -0.620. The van der Waals surface area contributed by atoms with E-state index in [-0.39, 0.29) is 5.91 Å². The number of rotatable bonds is 4. The summed E-state index contributed by atoms with van der Waals surface area (Å²) in [5.74, 6) is 0.125. The lowest BCUT2D eigenvalue weighted by atomic mass is 10.2. The minimum atomic E-state index is 0.125. The van der Waals surface area contributed by atoms with Crippen LogP contribution in [0.3, 0.4) is 0 Å². The van der Waals surface area contributed by atoms with E-state index in [1.165, 1.54) is 11.5 Å². The molecule has 1 fully saturated rings. The first kappa shape index (κ1) is 12.8. The van der Waals surface area contributed by atoms with Gasteiger partial charge >= 0.3 is 0 Å². The molecule has 0 aromatic carbocycles. The van der Waals surface area contributed by atoms with Crippen LogP contribution in [0.2, 0.25) is 0 Å². The normalized spacial score (nSPS) is 19.9. The SMILES string of the molecule is CCCc1nnsc1C(=O)N1CC[C@H](SC)C1. The number of aryl methyl sites for hydroxylation is 1. The van der Waals surface area contributed by atoms with Crippen LogP contribution in [0, 0.1) is 0 Å². The number of carbonyl (C=O) groups excluding carboxylic acids is 1. The minimum Gasteiger partial charge on any atom is -0.337 e. The number of thioether (sulfide) groups is 1. The van der Waals surface area contributed by atoms with Crippen LogP contribution in [0.15, 0.2) is 0 Å². The second-order valence-corrected chi connectivity index (χ2v) is 6.09. The van der Waals surface area contributed by atoms with Gasteiger partial charge in [0.15, 0.2) is 0 Å². The maximum atomic E-state index is 12.3. The Labute approximate surface area is 110 Å². The van der Waals surface area contributed by atoms with Crippen LogP contribution in [0.4, 0.5) is 0 Å². The quantitative estimate of drug-likeness (QED) is 0.841. The summed E-state index contributed by atoms with van der Waals surface area (Å²) in [4.78, 5) is 15.0. The van der Waals surface area contributed by atoms with E-state index in [0.29, 0.717) is 5.25 Å². The molecule has 0 unspecified atom stereocenters. The standard InChI is InChI=1S/C11H17N3OS2/c1-3-4-9-10(17-13-12-9)11(15)14-6-5-8(7-14)16-2/h8H,3-7H2,1-2H3/t8-/m0/s1. The number of carbonyl (C=O) groups is 1. The highest BCUT2D eigenvalue weighted by molar-refractivity contribution is 7.99. The number of nitrogens with zero attached hydrogens (tertiary/aromatic N) is 3. The van der Waals surface area contributed by atoms with Gasteiger partial charge in [0.2, 0.25) is 0 Å². The molecule has 0 radical (unpaired) electrons. The van der Waals surface area contributed by atoms with E-state index in [9.17, 15) is 4.79 Å². The van der Waals surface area contributed by atoms with Crippen molar-refractivity contribution in [3.8, 4) is 0 Å². The van der Waals surface area contributed by atoms with E-state index >= 15 is 0 Å². The van der Waals surface area contributed by atoms with Gasteiger partial charge in [-0.15, -0.1) is 5.10 Å². The molecule has 2 heterocycles. The highest BCUT2D eigenvalue weighted by Gasteiger charge is 2.28. The van der Waals surface area contributed by atoms with E-state index < -0.39 is 0 Å². The smallest absolute Gasteiger partial charge is 0.267 e. The first-order valence-electron chi connectivity index (χ1n) is 5.89. The van der Waals surface area contributed by atoms with Crippen LogP contribution in [-0.2, 0) is 6.42 Å². The van der Waals surface area contributed by atoms with Crippen LogP contribution in [0.25, 0.3) is 0 Å². The van der Waals surface area contributed by atoms with Gasteiger partial charge in [0.1, 0.15) is 4.88 Å². The zero-order chi connectivity index (χ0) is 12.3. The molecule has 2 rings (SSSR count). The Bertz CT molecular complexity index is 394. The van der Waals surface area contributed by atoms with E-state index in [1.807, 2.05) is 16.7 Å². The molecule has 17 heavy (non-hydrogen) atoms. The molecule has 1 aromatic rings. The molecule has 1 aromatic heterocycles. The molecule has 0 spiro atoms. The Morgan fingerprint density at radius 3 is 3.12 bits per heavy atom. The van der Waals surface area contributed by atoms with Gasteiger partial charge in [-0.3, -0.25) is 4.79 Å². The first-order chi connectivity index (χ1) is 8.26. The fourth-order valence-electron chi connectivity index (χ4n) is 2.02. The van der Waals surface area contributed by atoms with E-state index in [0.717, 1.165) is 42.9 Å². The third kappa shape index (κ3) is 2.80. The molecular formula is C11H17N3OS2. The van der Waals surface area contributed by atoms with Crippen molar-refractivity contribution in [3.63, 3.8) is 0 Å². The maximum absolute atomic E-state index is 12.3. The predicted octanol–water partition coefficient (Wildman–Crippen LogP) is 2.07. The Morgan fingerprint density at radius 1 is 1.65 bits per heavy atom. The molecule has 0 bridgehead atoms. The summed E-state index contributed by atoms with van der Waals surface area (Å²) >= 11 is 3.08. The zero-order valence-corrected chi connectivity index (χ0v) is 11.8.